The van der Waals surface area contributed by atoms with E-state index in [2.05, 4.69) is 0 Å². The quantitative estimate of drug-likeness (QED) is 0.353. The summed E-state index contributed by atoms with van der Waals surface area (Å²) in [5.41, 5.74) is 0.468. The smallest absolute Gasteiger partial charge is 0.348 e. The number of hydrogen-bond acceptors (Lipinski definition) is 3. The van der Waals surface area contributed by atoms with Gasteiger partial charge in [0.1, 0.15) is 11.6 Å². The number of carbonyl (C=O) groups is 1. The molecule has 0 saturated carbocycles. The van der Waals surface area contributed by atoms with Crippen LogP contribution in [0.5, 0.6) is 0 Å². The number of halogens is 2. The third-order valence-electron chi connectivity index (χ3n) is 2.33. The van der Waals surface area contributed by atoms with Crippen LogP contribution in [0.3, 0.4) is 0 Å². The number of hydrogen-bond donors (Lipinski definition) is 0. The Kier molecular flexibility index (Phi) is 6.41. The van der Waals surface area contributed by atoms with E-state index in [0.717, 1.165) is 12.8 Å². The maximum absolute atomic E-state index is 11.6. The second kappa shape index (κ2) is 7.83. The monoisotopic (exact) mass is 297 g/mol. The third-order valence-corrected chi connectivity index (χ3v) is 2.90. The van der Waals surface area contributed by atoms with Gasteiger partial charge in [0, 0.05) is 10.0 Å². The summed E-state index contributed by atoms with van der Waals surface area (Å²) in [5.74, 6) is -0.637. The number of benzene rings is 1. The largest absolute Gasteiger partial charge is 0.462 e. The molecule has 0 N–H and O–H groups in total. The number of nitrogens with zero attached hydrogens (tertiary/aromatic N) is 1. The predicted molar refractivity (Wildman–Crippen MR) is 75.9 cm³/mol. The van der Waals surface area contributed by atoms with Crippen LogP contribution in [0.4, 0.5) is 0 Å². The van der Waals surface area contributed by atoms with Crippen LogP contribution in [0.2, 0.25) is 10.0 Å². The van der Waals surface area contributed by atoms with Crippen molar-refractivity contribution in [3.8, 4) is 6.07 Å². The van der Waals surface area contributed by atoms with E-state index in [1.165, 1.54) is 6.08 Å². The highest BCUT2D eigenvalue weighted by Gasteiger charge is 2.11. The fraction of sp³-hybridized carbons (Fsp3) is 0.286. The average Bonchev–Trinajstić information content (AvgIpc) is 2.38. The highest BCUT2D eigenvalue weighted by atomic mass is 35.5. The van der Waals surface area contributed by atoms with E-state index in [0.29, 0.717) is 22.2 Å². The summed E-state index contributed by atoms with van der Waals surface area (Å²) in [6.07, 6.45) is 3.08. The normalized spacial score (nSPS) is 10.9. The summed E-state index contributed by atoms with van der Waals surface area (Å²) in [4.78, 5) is 11.6. The second-order valence-electron chi connectivity index (χ2n) is 3.83. The molecule has 1 rings (SSSR count). The van der Waals surface area contributed by atoms with Gasteiger partial charge in [0.15, 0.2) is 0 Å². The minimum Gasteiger partial charge on any atom is -0.462 e. The van der Waals surface area contributed by atoms with Crippen molar-refractivity contribution >= 4 is 35.2 Å². The van der Waals surface area contributed by atoms with Crippen LogP contribution in [0.1, 0.15) is 25.3 Å². The zero-order valence-corrected chi connectivity index (χ0v) is 12.0. The van der Waals surface area contributed by atoms with Gasteiger partial charge < -0.3 is 4.74 Å². The molecule has 0 aliphatic heterocycles. The van der Waals surface area contributed by atoms with E-state index in [9.17, 15) is 4.79 Å². The molecular weight excluding hydrogens is 285 g/mol. The molecule has 1 aromatic rings. The molecule has 0 fully saturated rings. The Balaban J connectivity index is 2.87. The Morgan fingerprint density at radius 1 is 1.47 bits per heavy atom. The topological polar surface area (TPSA) is 50.1 Å². The summed E-state index contributed by atoms with van der Waals surface area (Å²) in [6.45, 7) is 2.30. The molecule has 0 unspecified atom stereocenters. The molecule has 0 radical (unpaired) electrons. The zero-order chi connectivity index (χ0) is 14.3. The molecular formula is C14H13Cl2NO2. The number of unbranched alkanes of at least 4 members (excludes halogenated alkanes) is 1. The van der Waals surface area contributed by atoms with Crippen LogP contribution in [0, 0.1) is 11.3 Å². The molecule has 0 aliphatic carbocycles. The van der Waals surface area contributed by atoms with E-state index >= 15 is 0 Å². The predicted octanol–water partition coefficient (Wildman–Crippen LogP) is 4.24. The van der Waals surface area contributed by atoms with Crippen molar-refractivity contribution in [2.45, 2.75) is 19.8 Å². The lowest BCUT2D eigenvalue weighted by atomic mass is 10.1. The summed E-state index contributed by atoms with van der Waals surface area (Å²) in [5, 5.41) is 9.84. The van der Waals surface area contributed by atoms with E-state index in [4.69, 9.17) is 33.2 Å². The van der Waals surface area contributed by atoms with Crippen LogP contribution in [-0.4, -0.2) is 12.6 Å². The Morgan fingerprint density at radius 2 is 2.21 bits per heavy atom. The molecule has 5 heteroatoms. The van der Waals surface area contributed by atoms with Crippen molar-refractivity contribution in [2.24, 2.45) is 0 Å². The third kappa shape index (κ3) is 4.94. The Bertz CT molecular complexity index is 533. The lowest BCUT2D eigenvalue weighted by molar-refractivity contribution is -0.138. The lowest BCUT2D eigenvalue weighted by Gasteiger charge is -2.03. The SMILES string of the molecule is CCCCOC(=O)/C(C#N)=C\c1ccc(Cl)cc1Cl. The van der Waals surface area contributed by atoms with Gasteiger partial charge in [0.2, 0.25) is 0 Å². The van der Waals surface area contributed by atoms with Crippen molar-refractivity contribution in [2.75, 3.05) is 6.61 Å². The van der Waals surface area contributed by atoms with Crippen molar-refractivity contribution in [3.05, 3.63) is 39.4 Å². The molecule has 1 aromatic carbocycles. The van der Waals surface area contributed by atoms with Gasteiger partial charge in [-0.05, 0) is 30.2 Å². The van der Waals surface area contributed by atoms with Gasteiger partial charge in [0.05, 0.1) is 6.61 Å². The first kappa shape index (κ1) is 15.6. The van der Waals surface area contributed by atoms with Crippen molar-refractivity contribution in [1.29, 1.82) is 5.26 Å². The summed E-state index contributed by atoms with van der Waals surface area (Å²) in [6, 6.07) is 6.64. The van der Waals surface area contributed by atoms with Gasteiger partial charge >= 0.3 is 5.97 Å². The highest BCUT2D eigenvalue weighted by Crippen LogP contribution is 2.23. The van der Waals surface area contributed by atoms with Crippen LogP contribution >= 0.6 is 23.2 Å². The number of ether oxygens (including phenoxy) is 1. The molecule has 100 valence electrons. The van der Waals surface area contributed by atoms with Gasteiger partial charge in [-0.25, -0.2) is 4.79 Å². The van der Waals surface area contributed by atoms with Gasteiger partial charge in [-0.15, -0.1) is 0 Å². The van der Waals surface area contributed by atoms with Crippen LogP contribution in [0.25, 0.3) is 6.08 Å². The average molecular weight is 298 g/mol. The molecule has 0 spiro atoms. The zero-order valence-electron chi connectivity index (χ0n) is 10.5. The summed E-state index contributed by atoms with van der Waals surface area (Å²) in [7, 11) is 0. The fourth-order valence-electron chi connectivity index (χ4n) is 1.30. The maximum Gasteiger partial charge on any atom is 0.348 e. The molecule has 0 heterocycles. The van der Waals surface area contributed by atoms with Crippen LogP contribution in [-0.2, 0) is 9.53 Å². The summed E-state index contributed by atoms with van der Waals surface area (Å²) >= 11 is 11.7. The Labute approximate surface area is 122 Å². The standard InChI is InChI=1S/C14H13Cl2NO2/c1-2-3-6-19-14(18)11(9-17)7-10-4-5-12(15)8-13(10)16/h4-5,7-8H,2-3,6H2,1H3/b11-7-. The number of esters is 1. The highest BCUT2D eigenvalue weighted by molar-refractivity contribution is 6.35. The molecule has 0 bridgehead atoms. The van der Waals surface area contributed by atoms with Crippen LogP contribution < -0.4 is 0 Å². The van der Waals surface area contributed by atoms with Crippen LogP contribution in [0.15, 0.2) is 23.8 Å². The first-order valence-corrected chi connectivity index (χ1v) is 6.58. The van der Waals surface area contributed by atoms with Crippen molar-refractivity contribution < 1.29 is 9.53 Å². The Hall–Kier alpha value is -1.50. The fourth-order valence-corrected chi connectivity index (χ4v) is 1.76. The Morgan fingerprint density at radius 3 is 2.79 bits per heavy atom. The molecule has 0 saturated heterocycles. The first-order chi connectivity index (χ1) is 9.08. The van der Waals surface area contributed by atoms with E-state index in [1.807, 2.05) is 13.0 Å². The van der Waals surface area contributed by atoms with Gasteiger partial charge in [-0.2, -0.15) is 5.26 Å². The van der Waals surface area contributed by atoms with Crippen molar-refractivity contribution in [3.63, 3.8) is 0 Å². The lowest BCUT2D eigenvalue weighted by Crippen LogP contribution is -2.07. The maximum atomic E-state index is 11.6. The number of nitriles is 1. The van der Waals surface area contributed by atoms with Gasteiger partial charge in [-0.1, -0.05) is 42.6 Å². The van der Waals surface area contributed by atoms with E-state index in [1.54, 1.807) is 18.2 Å². The summed E-state index contributed by atoms with van der Waals surface area (Å²) < 4.78 is 4.97. The van der Waals surface area contributed by atoms with Crippen molar-refractivity contribution in [1.82, 2.24) is 0 Å². The molecule has 0 aliphatic rings. The van der Waals surface area contributed by atoms with E-state index < -0.39 is 5.97 Å². The number of carbonyl (C=O) groups excluding carboxylic acids is 1. The molecule has 19 heavy (non-hydrogen) atoms. The number of rotatable bonds is 5. The van der Waals surface area contributed by atoms with E-state index in [-0.39, 0.29) is 5.57 Å². The molecule has 0 amide bonds. The minimum atomic E-state index is -0.637. The van der Waals surface area contributed by atoms with Gasteiger partial charge in [-0.3, -0.25) is 0 Å². The molecule has 3 nitrogen and oxygen atoms in total. The first-order valence-electron chi connectivity index (χ1n) is 5.82. The van der Waals surface area contributed by atoms with Gasteiger partial charge in [0.25, 0.3) is 0 Å². The molecule has 0 atom stereocenters. The second-order valence-corrected chi connectivity index (χ2v) is 4.67. The minimum absolute atomic E-state index is 0.0830. The molecule has 0 aromatic heterocycles.